The summed E-state index contributed by atoms with van der Waals surface area (Å²) in [6, 6.07) is 3.58. The molecule has 1 aliphatic carbocycles. The van der Waals surface area contributed by atoms with Gasteiger partial charge < -0.3 is 5.32 Å². The van der Waals surface area contributed by atoms with Gasteiger partial charge in [0.05, 0.1) is 0 Å². The van der Waals surface area contributed by atoms with Gasteiger partial charge in [0.25, 0.3) is 0 Å². The first-order chi connectivity index (χ1) is 7.20. The first-order valence-electron chi connectivity index (χ1n) is 5.33. The molecule has 1 fully saturated rings. The summed E-state index contributed by atoms with van der Waals surface area (Å²) in [4.78, 5) is 0. The van der Waals surface area contributed by atoms with Gasteiger partial charge >= 0.3 is 0 Å². The molecule has 1 unspecified atom stereocenters. The third-order valence-corrected chi connectivity index (χ3v) is 2.95. The van der Waals surface area contributed by atoms with E-state index >= 15 is 0 Å². The van der Waals surface area contributed by atoms with E-state index in [0.29, 0.717) is 11.5 Å². The maximum atomic E-state index is 13.5. The smallest absolute Gasteiger partial charge is 0.128 e. The monoisotopic (exact) mass is 211 g/mol. The van der Waals surface area contributed by atoms with Crippen LogP contribution in [0.15, 0.2) is 18.2 Å². The fourth-order valence-electron chi connectivity index (χ4n) is 1.87. The van der Waals surface area contributed by atoms with Crippen LogP contribution in [0.4, 0.5) is 8.78 Å². The zero-order valence-corrected chi connectivity index (χ0v) is 8.76. The molecule has 0 aromatic heterocycles. The van der Waals surface area contributed by atoms with Crippen LogP contribution < -0.4 is 5.32 Å². The predicted molar refractivity (Wildman–Crippen MR) is 55.5 cm³/mol. The second kappa shape index (κ2) is 4.27. The molecule has 1 aromatic carbocycles. The second-order valence-corrected chi connectivity index (χ2v) is 4.19. The van der Waals surface area contributed by atoms with Gasteiger partial charge in [0.15, 0.2) is 0 Å². The van der Waals surface area contributed by atoms with Crippen LogP contribution in [0.25, 0.3) is 0 Å². The molecule has 2 rings (SSSR count). The maximum Gasteiger partial charge on any atom is 0.128 e. The minimum absolute atomic E-state index is 0.0619. The number of hydrogen-bond acceptors (Lipinski definition) is 1. The van der Waals surface area contributed by atoms with Crippen LogP contribution in [0.2, 0.25) is 0 Å². The summed E-state index contributed by atoms with van der Waals surface area (Å²) in [7, 11) is 1.79. The number of nitrogens with one attached hydrogen (secondary N) is 1. The first-order valence-corrected chi connectivity index (χ1v) is 5.33. The molecule has 0 radical (unpaired) electrons. The summed E-state index contributed by atoms with van der Waals surface area (Å²) >= 11 is 0. The van der Waals surface area contributed by atoms with Crippen molar-refractivity contribution in [2.75, 3.05) is 7.05 Å². The van der Waals surface area contributed by atoms with Gasteiger partial charge in [-0.2, -0.15) is 0 Å². The van der Waals surface area contributed by atoms with Gasteiger partial charge in [0.1, 0.15) is 11.6 Å². The van der Waals surface area contributed by atoms with E-state index in [1.54, 1.807) is 7.05 Å². The van der Waals surface area contributed by atoms with Gasteiger partial charge in [-0.1, -0.05) is 12.8 Å². The molecule has 0 aliphatic heterocycles. The summed E-state index contributed by atoms with van der Waals surface area (Å²) in [5.41, 5.74) is 0.449. The molecular weight excluding hydrogens is 196 g/mol. The third kappa shape index (κ3) is 2.53. The number of halogens is 2. The van der Waals surface area contributed by atoms with Crippen molar-refractivity contribution in [2.24, 2.45) is 5.92 Å². The Labute approximate surface area is 88.5 Å². The number of benzene rings is 1. The van der Waals surface area contributed by atoms with Gasteiger partial charge in [-0.05, 0) is 37.6 Å². The van der Waals surface area contributed by atoms with E-state index in [-0.39, 0.29) is 17.7 Å². The Morgan fingerprint density at radius 1 is 1.40 bits per heavy atom. The van der Waals surface area contributed by atoms with E-state index in [9.17, 15) is 8.78 Å². The standard InChI is InChI=1S/C12H15F2N/c1-15-12(6-8-2-3-8)10-7-9(13)4-5-11(10)14/h4-5,7-8,12,15H,2-3,6H2,1H3. The summed E-state index contributed by atoms with van der Waals surface area (Å²) < 4.78 is 26.5. The third-order valence-electron chi connectivity index (χ3n) is 2.95. The van der Waals surface area contributed by atoms with Gasteiger partial charge in [0.2, 0.25) is 0 Å². The zero-order valence-electron chi connectivity index (χ0n) is 8.76. The lowest BCUT2D eigenvalue weighted by molar-refractivity contribution is 0.479. The fourth-order valence-corrected chi connectivity index (χ4v) is 1.87. The van der Waals surface area contributed by atoms with Crippen LogP contribution in [-0.2, 0) is 0 Å². The lowest BCUT2D eigenvalue weighted by atomic mass is 10.0. The van der Waals surface area contributed by atoms with E-state index < -0.39 is 0 Å². The van der Waals surface area contributed by atoms with E-state index in [1.807, 2.05) is 0 Å². The number of hydrogen-bond donors (Lipinski definition) is 1. The molecule has 1 atom stereocenters. The first kappa shape index (κ1) is 10.6. The Balaban J connectivity index is 2.19. The van der Waals surface area contributed by atoms with E-state index in [0.717, 1.165) is 12.5 Å². The average molecular weight is 211 g/mol. The molecule has 0 heterocycles. The van der Waals surface area contributed by atoms with Crippen LogP contribution in [0.1, 0.15) is 30.9 Å². The van der Waals surface area contributed by atoms with Crippen molar-refractivity contribution in [2.45, 2.75) is 25.3 Å². The van der Waals surface area contributed by atoms with Crippen molar-refractivity contribution < 1.29 is 8.78 Å². The minimum atomic E-state index is -0.373. The second-order valence-electron chi connectivity index (χ2n) is 4.19. The minimum Gasteiger partial charge on any atom is -0.313 e. The van der Waals surface area contributed by atoms with Gasteiger partial charge in [-0.15, -0.1) is 0 Å². The SMILES string of the molecule is CNC(CC1CC1)c1cc(F)ccc1F. The lowest BCUT2D eigenvalue weighted by Crippen LogP contribution is -2.18. The molecule has 0 saturated heterocycles. The predicted octanol–water partition coefficient (Wildman–Crippen LogP) is 3.03. The van der Waals surface area contributed by atoms with Crippen molar-refractivity contribution in [1.29, 1.82) is 0 Å². The van der Waals surface area contributed by atoms with Gasteiger partial charge in [0, 0.05) is 11.6 Å². The van der Waals surface area contributed by atoms with Gasteiger partial charge in [-0.3, -0.25) is 0 Å². The average Bonchev–Trinajstić information content (AvgIpc) is 3.02. The van der Waals surface area contributed by atoms with Crippen LogP contribution in [0.3, 0.4) is 0 Å². The Morgan fingerprint density at radius 3 is 2.73 bits per heavy atom. The highest BCUT2D eigenvalue weighted by molar-refractivity contribution is 5.22. The van der Waals surface area contributed by atoms with Gasteiger partial charge in [-0.25, -0.2) is 8.78 Å². The summed E-state index contributed by atoms with van der Waals surface area (Å²) in [5.74, 6) is -0.0102. The molecule has 0 amide bonds. The van der Waals surface area contributed by atoms with Crippen LogP contribution >= 0.6 is 0 Å². The summed E-state index contributed by atoms with van der Waals surface area (Å²) in [6.45, 7) is 0. The van der Waals surface area contributed by atoms with Crippen molar-refractivity contribution >= 4 is 0 Å². The molecule has 15 heavy (non-hydrogen) atoms. The molecule has 1 saturated carbocycles. The van der Waals surface area contributed by atoms with Crippen LogP contribution in [-0.4, -0.2) is 7.05 Å². The van der Waals surface area contributed by atoms with E-state index in [4.69, 9.17) is 0 Å². The Hall–Kier alpha value is -0.960. The van der Waals surface area contributed by atoms with Crippen molar-refractivity contribution in [1.82, 2.24) is 5.32 Å². The highest BCUT2D eigenvalue weighted by atomic mass is 19.1. The fraction of sp³-hybridized carbons (Fsp3) is 0.500. The highest BCUT2D eigenvalue weighted by Gasteiger charge is 2.26. The maximum absolute atomic E-state index is 13.5. The normalized spacial score (nSPS) is 17.8. The van der Waals surface area contributed by atoms with E-state index in [1.165, 1.54) is 25.0 Å². The largest absolute Gasteiger partial charge is 0.313 e. The topological polar surface area (TPSA) is 12.0 Å². The highest BCUT2D eigenvalue weighted by Crippen LogP contribution is 2.38. The molecule has 1 nitrogen and oxygen atoms in total. The molecule has 3 heteroatoms. The molecular formula is C12H15F2N. The summed E-state index contributed by atoms with van der Waals surface area (Å²) in [5, 5.41) is 3.05. The van der Waals surface area contributed by atoms with Crippen molar-refractivity contribution in [3.8, 4) is 0 Å². The zero-order chi connectivity index (χ0) is 10.8. The Kier molecular flexibility index (Phi) is 3.00. The summed E-state index contributed by atoms with van der Waals surface area (Å²) in [6.07, 6.45) is 3.33. The molecule has 82 valence electrons. The van der Waals surface area contributed by atoms with Crippen LogP contribution in [0, 0.1) is 17.6 Å². The van der Waals surface area contributed by atoms with E-state index in [2.05, 4.69) is 5.32 Å². The quantitative estimate of drug-likeness (QED) is 0.807. The van der Waals surface area contributed by atoms with Crippen molar-refractivity contribution in [3.63, 3.8) is 0 Å². The molecule has 1 aliphatic rings. The Bertz CT molecular complexity index is 347. The van der Waals surface area contributed by atoms with Crippen molar-refractivity contribution in [3.05, 3.63) is 35.4 Å². The lowest BCUT2D eigenvalue weighted by Gasteiger charge is -2.17. The molecule has 0 spiro atoms. The number of rotatable bonds is 4. The molecule has 0 bridgehead atoms. The molecule has 1 N–H and O–H groups in total. The Morgan fingerprint density at radius 2 is 2.13 bits per heavy atom. The molecule has 1 aromatic rings. The van der Waals surface area contributed by atoms with Crippen LogP contribution in [0.5, 0.6) is 0 Å².